The Morgan fingerprint density at radius 2 is 2.11 bits per heavy atom. The van der Waals surface area contributed by atoms with Crippen LogP contribution in [0.1, 0.15) is 44.0 Å². The molecule has 1 aromatic rings. The highest BCUT2D eigenvalue weighted by atomic mass is 16.5. The van der Waals surface area contributed by atoms with E-state index in [1.165, 1.54) is 12.8 Å². The van der Waals surface area contributed by atoms with Gasteiger partial charge in [0, 0.05) is 13.5 Å². The highest BCUT2D eigenvalue weighted by Crippen LogP contribution is 2.32. The van der Waals surface area contributed by atoms with E-state index in [1.807, 2.05) is 14.0 Å². The predicted octanol–water partition coefficient (Wildman–Crippen LogP) is 2.96. The fraction of sp³-hybridized carbons (Fsp3) is 0.714. The summed E-state index contributed by atoms with van der Waals surface area (Å²) in [5, 5.41) is 3.11. The molecule has 100 valence electrons. The zero-order chi connectivity index (χ0) is 13.0. The molecule has 4 nitrogen and oxygen atoms in total. The van der Waals surface area contributed by atoms with Gasteiger partial charge in [-0.3, -0.25) is 0 Å². The number of ether oxygens (including phenoxy) is 1. The Kier molecular flexibility index (Phi) is 4.39. The maximum atomic E-state index is 5.83. The molecule has 1 aromatic heterocycles. The van der Waals surface area contributed by atoms with Gasteiger partial charge in [0.25, 0.3) is 0 Å². The Balaban J connectivity index is 2.06. The topological polar surface area (TPSA) is 47.0 Å². The van der Waals surface area contributed by atoms with Crippen LogP contribution in [0.25, 0.3) is 0 Å². The van der Waals surface area contributed by atoms with Crippen molar-refractivity contribution in [1.82, 2.24) is 9.97 Å². The summed E-state index contributed by atoms with van der Waals surface area (Å²) in [4.78, 5) is 9.01. The van der Waals surface area contributed by atoms with E-state index in [-0.39, 0.29) is 0 Å². The van der Waals surface area contributed by atoms with Crippen molar-refractivity contribution in [3.8, 4) is 5.88 Å². The Morgan fingerprint density at radius 1 is 1.33 bits per heavy atom. The number of nitrogens with zero attached hydrogens (tertiary/aromatic N) is 2. The third-order valence-corrected chi connectivity index (χ3v) is 3.32. The minimum Gasteiger partial charge on any atom is -0.477 e. The second-order valence-corrected chi connectivity index (χ2v) is 5.00. The summed E-state index contributed by atoms with van der Waals surface area (Å²) in [7, 11) is 1.89. The van der Waals surface area contributed by atoms with Gasteiger partial charge in [0.15, 0.2) is 0 Å². The Labute approximate surface area is 109 Å². The quantitative estimate of drug-likeness (QED) is 0.807. The molecule has 0 radical (unpaired) electrons. The van der Waals surface area contributed by atoms with E-state index in [9.17, 15) is 0 Å². The summed E-state index contributed by atoms with van der Waals surface area (Å²) in [6.07, 6.45) is 5.84. The molecule has 0 bridgehead atoms. The van der Waals surface area contributed by atoms with Gasteiger partial charge >= 0.3 is 0 Å². The van der Waals surface area contributed by atoms with Crippen molar-refractivity contribution in [2.45, 2.75) is 46.0 Å². The number of nitrogens with one attached hydrogen (secondary N) is 1. The lowest BCUT2D eigenvalue weighted by Crippen LogP contribution is -2.08. The maximum Gasteiger partial charge on any atom is 0.221 e. The molecule has 0 unspecified atom stereocenters. The predicted molar refractivity (Wildman–Crippen MR) is 73.1 cm³/mol. The van der Waals surface area contributed by atoms with Crippen molar-refractivity contribution in [3.05, 3.63) is 11.4 Å². The van der Waals surface area contributed by atoms with Crippen LogP contribution in [0.3, 0.4) is 0 Å². The first kappa shape index (κ1) is 13.1. The van der Waals surface area contributed by atoms with E-state index < -0.39 is 0 Å². The van der Waals surface area contributed by atoms with E-state index in [1.54, 1.807) is 0 Å². The minimum atomic E-state index is 0.749. The minimum absolute atomic E-state index is 0.749. The molecule has 0 aromatic carbocycles. The third kappa shape index (κ3) is 3.34. The lowest BCUT2D eigenvalue weighted by molar-refractivity contribution is 0.288. The van der Waals surface area contributed by atoms with Crippen molar-refractivity contribution in [2.75, 3.05) is 19.0 Å². The van der Waals surface area contributed by atoms with Gasteiger partial charge < -0.3 is 10.1 Å². The summed E-state index contributed by atoms with van der Waals surface area (Å²) in [6, 6.07) is 0. The Morgan fingerprint density at radius 3 is 2.72 bits per heavy atom. The first-order chi connectivity index (χ1) is 8.74. The number of hydrogen-bond donors (Lipinski definition) is 1. The molecule has 1 saturated carbocycles. The molecule has 0 aliphatic heterocycles. The standard InChI is InChI=1S/C14H23N3O/c1-4-5-12-16-13(15-3)10(2)14(17-12)18-9-8-11-6-7-11/h11H,4-9H2,1-3H3,(H,15,16,17). The van der Waals surface area contributed by atoms with E-state index in [2.05, 4.69) is 22.2 Å². The van der Waals surface area contributed by atoms with E-state index in [0.717, 1.165) is 54.9 Å². The molecule has 1 fully saturated rings. The van der Waals surface area contributed by atoms with E-state index >= 15 is 0 Å². The monoisotopic (exact) mass is 249 g/mol. The van der Waals surface area contributed by atoms with Crippen LogP contribution in [0.15, 0.2) is 0 Å². The van der Waals surface area contributed by atoms with Crippen LogP contribution in [0.4, 0.5) is 5.82 Å². The van der Waals surface area contributed by atoms with Gasteiger partial charge in [-0.05, 0) is 25.7 Å². The summed E-state index contributed by atoms with van der Waals surface area (Å²) in [5.41, 5.74) is 1.01. The maximum absolute atomic E-state index is 5.83. The van der Waals surface area contributed by atoms with Crippen molar-refractivity contribution in [1.29, 1.82) is 0 Å². The highest BCUT2D eigenvalue weighted by molar-refractivity contribution is 5.48. The molecule has 2 rings (SSSR count). The summed E-state index contributed by atoms with van der Waals surface area (Å²) in [6.45, 7) is 4.92. The van der Waals surface area contributed by atoms with Crippen LogP contribution >= 0.6 is 0 Å². The lowest BCUT2D eigenvalue weighted by Gasteiger charge is -2.12. The molecule has 4 heteroatoms. The van der Waals surface area contributed by atoms with Gasteiger partial charge in [-0.1, -0.05) is 19.8 Å². The molecule has 0 atom stereocenters. The summed E-state index contributed by atoms with van der Waals surface area (Å²) in [5.74, 6) is 3.40. The second kappa shape index (κ2) is 6.03. The van der Waals surface area contributed by atoms with Crippen LogP contribution in [0.2, 0.25) is 0 Å². The first-order valence-electron chi connectivity index (χ1n) is 6.92. The molecule has 0 spiro atoms. The van der Waals surface area contributed by atoms with Gasteiger partial charge in [-0.15, -0.1) is 0 Å². The van der Waals surface area contributed by atoms with Crippen LogP contribution in [0, 0.1) is 12.8 Å². The van der Waals surface area contributed by atoms with Crippen molar-refractivity contribution >= 4 is 5.82 Å². The van der Waals surface area contributed by atoms with Gasteiger partial charge in [0.05, 0.1) is 12.2 Å². The molecular formula is C14H23N3O. The van der Waals surface area contributed by atoms with Crippen LogP contribution in [-0.2, 0) is 6.42 Å². The van der Waals surface area contributed by atoms with Crippen molar-refractivity contribution < 1.29 is 4.74 Å². The normalized spacial score (nSPS) is 14.6. The summed E-state index contributed by atoms with van der Waals surface area (Å²) >= 11 is 0. The third-order valence-electron chi connectivity index (χ3n) is 3.32. The summed E-state index contributed by atoms with van der Waals surface area (Å²) < 4.78 is 5.83. The Bertz CT molecular complexity index is 402. The Hall–Kier alpha value is -1.32. The van der Waals surface area contributed by atoms with Gasteiger partial charge in [0.2, 0.25) is 5.88 Å². The zero-order valence-electron chi connectivity index (χ0n) is 11.6. The fourth-order valence-electron chi connectivity index (χ4n) is 1.99. The molecule has 1 N–H and O–H groups in total. The number of anilines is 1. The number of aromatic nitrogens is 2. The highest BCUT2D eigenvalue weighted by Gasteiger charge is 2.21. The van der Waals surface area contributed by atoms with E-state index in [4.69, 9.17) is 4.74 Å². The largest absolute Gasteiger partial charge is 0.477 e. The van der Waals surface area contributed by atoms with E-state index in [0.29, 0.717) is 0 Å². The van der Waals surface area contributed by atoms with Crippen LogP contribution < -0.4 is 10.1 Å². The number of rotatable bonds is 7. The molecule has 1 aliphatic rings. The number of aryl methyl sites for hydroxylation is 1. The zero-order valence-corrected chi connectivity index (χ0v) is 11.6. The smallest absolute Gasteiger partial charge is 0.221 e. The van der Waals surface area contributed by atoms with Crippen LogP contribution in [-0.4, -0.2) is 23.6 Å². The first-order valence-corrected chi connectivity index (χ1v) is 6.92. The second-order valence-electron chi connectivity index (χ2n) is 5.00. The molecule has 18 heavy (non-hydrogen) atoms. The molecule has 1 aliphatic carbocycles. The molecule has 0 saturated heterocycles. The average Bonchev–Trinajstić information content (AvgIpc) is 3.17. The molecule has 1 heterocycles. The molecule has 0 amide bonds. The lowest BCUT2D eigenvalue weighted by atomic mass is 10.2. The van der Waals surface area contributed by atoms with Crippen molar-refractivity contribution in [3.63, 3.8) is 0 Å². The number of hydrogen-bond acceptors (Lipinski definition) is 4. The van der Waals surface area contributed by atoms with Gasteiger partial charge in [-0.2, -0.15) is 4.98 Å². The SMILES string of the molecule is CCCc1nc(NC)c(C)c(OCCC2CC2)n1. The van der Waals surface area contributed by atoms with Crippen molar-refractivity contribution in [2.24, 2.45) is 5.92 Å². The molecular weight excluding hydrogens is 226 g/mol. The van der Waals surface area contributed by atoms with Gasteiger partial charge in [-0.25, -0.2) is 4.98 Å². The average molecular weight is 249 g/mol. The fourth-order valence-corrected chi connectivity index (χ4v) is 1.99. The van der Waals surface area contributed by atoms with Crippen LogP contribution in [0.5, 0.6) is 5.88 Å². The van der Waals surface area contributed by atoms with Gasteiger partial charge in [0.1, 0.15) is 11.6 Å².